The van der Waals surface area contributed by atoms with E-state index >= 15 is 0 Å². The summed E-state index contributed by atoms with van der Waals surface area (Å²) in [5.41, 5.74) is -0.213. The Balaban J connectivity index is 2.19. The third-order valence-corrected chi connectivity index (χ3v) is 6.74. The van der Waals surface area contributed by atoms with Gasteiger partial charge in [-0.05, 0) is 45.4 Å². The van der Waals surface area contributed by atoms with Crippen molar-refractivity contribution in [1.82, 2.24) is 10.0 Å². The van der Waals surface area contributed by atoms with Crippen molar-refractivity contribution < 1.29 is 21.6 Å². The van der Waals surface area contributed by atoms with Gasteiger partial charge in [0.2, 0.25) is 10.0 Å². The molecule has 1 aromatic carbocycles. The largest absolute Gasteiger partial charge is 0.347 e. The molecular formula is C15H22N2O5S2. The van der Waals surface area contributed by atoms with Gasteiger partial charge in [-0.2, -0.15) is 0 Å². The van der Waals surface area contributed by atoms with Crippen LogP contribution in [-0.4, -0.2) is 45.8 Å². The van der Waals surface area contributed by atoms with Crippen LogP contribution in [0.25, 0.3) is 0 Å². The van der Waals surface area contributed by atoms with E-state index in [0.29, 0.717) is 0 Å². The van der Waals surface area contributed by atoms with Gasteiger partial charge in [-0.25, -0.2) is 21.6 Å². The second-order valence-electron chi connectivity index (χ2n) is 6.95. The van der Waals surface area contributed by atoms with E-state index in [-0.39, 0.29) is 34.3 Å². The molecule has 1 unspecified atom stereocenters. The molecule has 0 saturated carbocycles. The van der Waals surface area contributed by atoms with Gasteiger partial charge >= 0.3 is 0 Å². The Labute approximate surface area is 142 Å². The zero-order chi connectivity index (χ0) is 18.2. The van der Waals surface area contributed by atoms with Crippen LogP contribution < -0.4 is 10.0 Å². The molecule has 0 spiro atoms. The molecule has 1 aliphatic heterocycles. The lowest BCUT2D eigenvalue weighted by molar-refractivity contribution is 0.0919. The van der Waals surface area contributed by atoms with Crippen LogP contribution in [-0.2, 0) is 19.9 Å². The maximum absolute atomic E-state index is 12.4. The number of amides is 1. The zero-order valence-corrected chi connectivity index (χ0v) is 15.5. The molecule has 7 nitrogen and oxygen atoms in total. The Morgan fingerprint density at radius 2 is 1.92 bits per heavy atom. The fourth-order valence-electron chi connectivity index (χ4n) is 2.39. The highest BCUT2D eigenvalue weighted by Crippen LogP contribution is 2.17. The Morgan fingerprint density at radius 1 is 1.25 bits per heavy atom. The van der Waals surface area contributed by atoms with E-state index in [2.05, 4.69) is 10.0 Å². The molecule has 1 saturated heterocycles. The minimum absolute atomic E-state index is 0.0196. The maximum Gasteiger partial charge on any atom is 0.251 e. The minimum Gasteiger partial charge on any atom is -0.347 e. The lowest BCUT2D eigenvalue weighted by Gasteiger charge is -2.20. The molecule has 134 valence electrons. The highest BCUT2D eigenvalue weighted by molar-refractivity contribution is 7.92. The number of hydrogen-bond acceptors (Lipinski definition) is 5. The number of sulfonamides is 1. The molecule has 1 atom stereocenters. The van der Waals surface area contributed by atoms with Gasteiger partial charge in [0.1, 0.15) is 0 Å². The normalized spacial score (nSPS) is 20.7. The molecule has 1 fully saturated rings. The second-order valence-corrected chi connectivity index (χ2v) is 10.9. The molecule has 1 heterocycles. The molecule has 2 N–H and O–H groups in total. The molecule has 0 aromatic heterocycles. The van der Waals surface area contributed by atoms with Crippen molar-refractivity contribution in [2.24, 2.45) is 0 Å². The van der Waals surface area contributed by atoms with Crippen molar-refractivity contribution in [3.63, 3.8) is 0 Å². The predicted molar refractivity (Wildman–Crippen MR) is 91.0 cm³/mol. The lowest BCUT2D eigenvalue weighted by atomic mass is 10.1. The number of nitrogens with one attached hydrogen (secondary N) is 2. The van der Waals surface area contributed by atoms with Crippen LogP contribution in [0.15, 0.2) is 29.2 Å². The monoisotopic (exact) mass is 374 g/mol. The van der Waals surface area contributed by atoms with E-state index < -0.39 is 31.4 Å². The number of carbonyl (C=O) groups is 1. The van der Waals surface area contributed by atoms with Crippen molar-refractivity contribution in [1.29, 1.82) is 0 Å². The van der Waals surface area contributed by atoms with Crippen molar-refractivity contribution in [2.75, 3.05) is 11.5 Å². The molecule has 2 rings (SSSR count). The first-order chi connectivity index (χ1) is 10.9. The number of carbonyl (C=O) groups excluding carboxylic acids is 1. The molecule has 1 aliphatic rings. The third kappa shape index (κ3) is 5.02. The second kappa shape index (κ2) is 6.45. The van der Waals surface area contributed by atoms with E-state index in [4.69, 9.17) is 0 Å². The third-order valence-electron chi connectivity index (χ3n) is 3.45. The van der Waals surface area contributed by atoms with E-state index in [1.165, 1.54) is 24.3 Å². The summed E-state index contributed by atoms with van der Waals surface area (Å²) < 4.78 is 50.1. The summed E-state index contributed by atoms with van der Waals surface area (Å²) in [4.78, 5) is 12.1. The zero-order valence-electron chi connectivity index (χ0n) is 13.9. The number of benzene rings is 1. The van der Waals surface area contributed by atoms with E-state index in [1.54, 1.807) is 0 Å². The summed E-state index contributed by atoms with van der Waals surface area (Å²) >= 11 is 0. The number of sulfone groups is 1. The van der Waals surface area contributed by atoms with Gasteiger partial charge in [0.15, 0.2) is 9.84 Å². The smallest absolute Gasteiger partial charge is 0.251 e. The minimum atomic E-state index is -3.89. The Kier molecular flexibility index (Phi) is 5.08. The fourth-order valence-corrected chi connectivity index (χ4v) is 5.49. The van der Waals surface area contributed by atoms with Crippen molar-refractivity contribution in [3.8, 4) is 0 Å². The molecule has 0 aliphatic carbocycles. The summed E-state index contributed by atoms with van der Waals surface area (Å²) in [6, 6.07) is 5.04. The van der Waals surface area contributed by atoms with Crippen LogP contribution in [0.2, 0.25) is 0 Å². The van der Waals surface area contributed by atoms with Crippen LogP contribution in [0, 0.1) is 0 Å². The standard InChI is InChI=1S/C15H22N2O5S2/c1-15(2,3)16-14(18)11-5-4-6-13(9-11)24(21,22)17-12-7-8-23(19,20)10-12/h4-6,9,12,17H,7-8,10H2,1-3H3,(H,16,18). The summed E-state index contributed by atoms with van der Waals surface area (Å²) in [5.74, 6) is -0.590. The number of rotatable bonds is 4. The quantitative estimate of drug-likeness (QED) is 0.805. The first kappa shape index (κ1) is 18.9. The average Bonchev–Trinajstić information content (AvgIpc) is 2.75. The van der Waals surface area contributed by atoms with Crippen LogP contribution in [0.5, 0.6) is 0 Å². The van der Waals surface area contributed by atoms with Crippen LogP contribution in [0.1, 0.15) is 37.6 Å². The van der Waals surface area contributed by atoms with Crippen molar-refractivity contribution >= 4 is 25.8 Å². The van der Waals surface area contributed by atoms with E-state index in [9.17, 15) is 21.6 Å². The van der Waals surface area contributed by atoms with E-state index in [1.807, 2.05) is 20.8 Å². The summed E-state index contributed by atoms with van der Waals surface area (Å²) in [6.45, 7) is 5.48. The molecule has 0 radical (unpaired) electrons. The van der Waals surface area contributed by atoms with Gasteiger partial charge in [-0.1, -0.05) is 6.07 Å². The summed E-state index contributed by atoms with van der Waals surface area (Å²) in [5, 5.41) is 2.76. The molecule has 0 bridgehead atoms. The maximum atomic E-state index is 12.4. The Bertz CT molecular complexity index is 839. The number of hydrogen-bond donors (Lipinski definition) is 2. The molecule has 1 aromatic rings. The van der Waals surface area contributed by atoms with Gasteiger partial charge in [0.05, 0.1) is 16.4 Å². The molecule has 1 amide bonds. The molecule has 9 heteroatoms. The SMILES string of the molecule is CC(C)(C)NC(=O)c1cccc(S(=O)(=O)NC2CCS(=O)(=O)C2)c1. The van der Waals surface area contributed by atoms with Gasteiger partial charge < -0.3 is 5.32 Å². The van der Waals surface area contributed by atoms with Gasteiger partial charge in [0, 0.05) is 17.1 Å². The van der Waals surface area contributed by atoms with E-state index in [0.717, 1.165) is 0 Å². The Hall–Kier alpha value is -1.45. The summed E-state index contributed by atoms with van der Waals surface area (Å²) in [7, 11) is -7.07. The topological polar surface area (TPSA) is 109 Å². The predicted octanol–water partition coefficient (Wildman–Crippen LogP) is 0.680. The Morgan fingerprint density at radius 3 is 2.46 bits per heavy atom. The highest BCUT2D eigenvalue weighted by Gasteiger charge is 2.31. The van der Waals surface area contributed by atoms with Gasteiger partial charge in [-0.15, -0.1) is 0 Å². The fraction of sp³-hybridized carbons (Fsp3) is 0.533. The first-order valence-electron chi connectivity index (χ1n) is 7.53. The molecular weight excluding hydrogens is 352 g/mol. The summed E-state index contributed by atoms with van der Waals surface area (Å²) in [6.07, 6.45) is 0.256. The van der Waals surface area contributed by atoms with Crippen LogP contribution >= 0.6 is 0 Å². The highest BCUT2D eigenvalue weighted by atomic mass is 32.2. The lowest BCUT2D eigenvalue weighted by Crippen LogP contribution is -2.40. The van der Waals surface area contributed by atoms with Crippen LogP contribution in [0.3, 0.4) is 0 Å². The first-order valence-corrected chi connectivity index (χ1v) is 10.8. The average molecular weight is 374 g/mol. The van der Waals surface area contributed by atoms with Crippen LogP contribution in [0.4, 0.5) is 0 Å². The van der Waals surface area contributed by atoms with Gasteiger partial charge in [0.25, 0.3) is 5.91 Å². The van der Waals surface area contributed by atoms with Crippen molar-refractivity contribution in [2.45, 2.75) is 43.7 Å². The molecule has 24 heavy (non-hydrogen) atoms. The van der Waals surface area contributed by atoms with Crippen molar-refractivity contribution in [3.05, 3.63) is 29.8 Å². The van der Waals surface area contributed by atoms with Gasteiger partial charge in [-0.3, -0.25) is 4.79 Å².